The largest absolute Gasteiger partial charge is 0.349 e. The lowest BCUT2D eigenvalue weighted by Crippen LogP contribution is -2.43. The fourth-order valence-corrected chi connectivity index (χ4v) is 2.06. The van der Waals surface area contributed by atoms with Gasteiger partial charge in [-0.05, 0) is 31.5 Å². The summed E-state index contributed by atoms with van der Waals surface area (Å²) in [6.07, 6.45) is 6.20. The Kier molecular flexibility index (Phi) is 4.50. The first kappa shape index (κ1) is 12.0. The van der Waals surface area contributed by atoms with Crippen LogP contribution in [0.5, 0.6) is 0 Å². The summed E-state index contributed by atoms with van der Waals surface area (Å²) < 4.78 is 0. The first-order valence-corrected chi connectivity index (χ1v) is 6.27. The van der Waals surface area contributed by atoms with E-state index in [9.17, 15) is 4.79 Å². The Balaban J connectivity index is 1.80. The molecule has 4 heteroatoms. The zero-order valence-corrected chi connectivity index (χ0v) is 9.98. The predicted octanol–water partition coefficient (Wildman–Crippen LogP) is 1.23. The Morgan fingerprint density at radius 2 is 2.35 bits per heavy atom. The van der Waals surface area contributed by atoms with Crippen molar-refractivity contribution in [2.45, 2.75) is 38.3 Å². The highest BCUT2D eigenvalue weighted by Gasteiger charge is 2.18. The summed E-state index contributed by atoms with van der Waals surface area (Å²) >= 11 is 0. The average molecular weight is 233 g/mol. The van der Waals surface area contributed by atoms with Crippen LogP contribution in [0.15, 0.2) is 24.4 Å². The molecule has 0 spiro atoms. The maximum atomic E-state index is 11.9. The molecule has 1 aliphatic heterocycles. The minimum absolute atomic E-state index is 0.0267. The maximum absolute atomic E-state index is 11.9. The van der Waals surface area contributed by atoms with E-state index in [1.165, 1.54) is 12.8 Å². The van der Waals surface area contributed by atoms with E-state index in [0.29, 0.717) is 6.54 Å². The smallest absolute Gasteiger partial charge is 0.237 e. The van der Waals surface area contributed by atoms with Crippen LogP contribution in [0.4, 0.5) is 0 Å². The van der Waals surface area contributed by atoms with Crippen LogP contribution >= 0.6 is 0 Å². The Labute approximate surface area is 102 Å². The van der Waals surface area contributed by atoms with Gasteiger partial charge in [0.25, 0.3) is 0 Å². The van der Waals surface area contributed by atoms with Gasteiger partial charge in [0.1, 0.15) is 0 Å². The fourth-order valence-electron chi connectivity index (χ4n) is 2.06. The van der Waals surface area contributed by atoms with Crippen LogP contribution in [0.25, 0.3) is 0 Å². The number of hydrogen-bond donors (Lipinski definition) is 2. The molecule has 0 aromatic carbocycles. The molecule has 0 bridgehead atoms. The van der Waals surface area contributed by atoms with Crippen molar-refractivity contribution in [3.05, 3.63) is 30.1 Å². The number of pyridine rings is 1. The van der Waals surface area contributed by atoms with E-state index in [2.05, 4.69) is 15.6 Å². The summed E-state index contributed by atoms with van der Waals surface area (Å²) in [6, 6.07) is 5.69. The van der Waals surface area contributed by atoms with Crippen molar-refractivity contribution in [3.63, 3.8) is 0 Å². The number of hydrogen-bond acceptors (Lipinski definition) is 3. The molecule has 1 unspecified atom stereocenters. The molecular weight excluding hydrogens is 214 g/mol. The second-order valence-electron chi connectivity index (χ2n) is 4.39. The van der Waals surface area contributed by atoms with Crippen LogP contribution in [0, 0.1) is 0 Å². The number of carbonyl (C=O) groups excluding carboxylic acids is 1. The Morgan fingerprint density at radius 1 is 1.41 bits per heavy atom. The number of rotatable bonds is 3. The summed E-state index contributed by atoms with van der Waals surface area (Å²) in [5.74, 6) is 0.0950. The highest BCUT2D eigenvalue weighted by Crippen LogP contribution is 2.08. The minimum atomic E-state index is -0.0267. The molecule has 2 N–H and O–H groups in total. The number of amides is 1. The summed E-state index contributed by atoms with van der Waals surface area (Å²) in [5, 5.41) is 6.22. The minimum Gasteiger partial charge on any atom is -0.349 e. The van der Waals surface area contributed by atoms with Crippen molar-refractivity contribution in [1.29, 1.82) is 0 Å². The van der Waals surface area contributed by atoms with Crippen molar-refractivity contribution in [2.75, 3.05) is 6.54 Å². The van der Waals surface area contributed by atoms with E-state index in [-0.39, 0.29) is 11.9 Å². The second-order valence-corrected chi connectivity index (χ2v) is 4.39. The van der Waals surface area contributed by atoms with Crippen molar-refractivity contribution >= 4 is 5.91 Å². The van der Waals surface area contributed by atoms with E-state index >= 15 is 0 Å². The standard InChI is InChI=1S/C13H19N3O/c17-13(12-7-2-1-4-9-15-12)16-10-11-6-3-5-8-14-11/h3,5-6,8,12,15H,1-2,4,7,9-10H2,(H,16,17). The van der Waals surface area contributed by atoms with Gasteiger partial charge in [-0.2, -0.15) is 0 Å². The monoisotopic (exact) mass is 233 g/mol. The summed E-state index contributed by atoms with van der Waals surface area (Å²) in [7, 11) is 0. The van der Waals surface area contributed by atoms with Gasteiger partial charge in [0.15, 0.2) is 0 Å². The SMILES string of the molecule is O=C(NCc1ccccn1)C1CCCCCN1. The molecule has 1 aromatic rings. The third kappa shape index (κ3) is 3.82. The molecule has 1 atom stereocenters. The second kappa shape index (κ2) is 6.35. The number of nitrogens with one attached hydrogen (secondary N) is 2. The molecule has 1 amide bonds. The number of carbonyl (C=O) groups is 1. The lowest BCUT2D eigenvalue weighted by molar-refractivity contribution is -0.123. The third-order valence-electron chi connectivity index (χ3n) is 3.05. The summed E-state index contributed by atoms with van der Waals surface area (Å²) in [6.45, 7) is 1.46. The van der Waals surface area contributed by atoms with Gasteiger partial charge in [-0.15, -0.1) is 0 Å². The van der Waals surface area contributed by atoms with Gasteiger partial charge in [-0.1, -0.05) is 18.9 Å². The Morgan fingerprint density at radius 3 is 3.18 bits per heavy atom. The van der Waals surface area contributed by atoms with Crippen LogP contribution in [0.1, 0.15) is 31.4 Å². The van der Waals surface area contributed by atoms with Gasteiger partial charge in [-0.3, -0.25) is 9.78 Å². The highest BCUT2D eigenvalue weighted by atomic mass is 16.2. The van der Waals surface area contributed by atoms with E-state index < -0.39 is 0 Å². The molecule has 1 saturated heterocycles. The van der Waals surface area contributed by atoms with E-state index in [0.717, 1.165) is 25.1 Å². The molecule has 1 fully saturated rings. The van der Waals surface area contributed by atoms with Crippen molar-refractivity contribution in [3.8, 4) is 0 Å². The summed E-state index contributed by atoms with van der Waals surface area (Å²) in [5.41, 5.74) is 0.898. The lowest BCUT2D eigenvalue weighted by Gasteiger charge is -2.15. The quantitative estimate of drug-likeness (QED) is 0.825. The highest BCUT2D eigenvalue weighted by molar-refractivity contribution is 5.81. The topological polar surface area (TPSA) is 54.0 Å². The third-order valence-corrected chi connectivity index (χ3v) is 3.05. The molecule has 0 saturated carbocycles. The Hall–Kier alpha value is -1.42. The molecule has 0 radical (unpaired) electrons. The van der Waals surface area contributed by atoms with Gasteiger partial charge in [0.2, 0.25) is 5.91 Å². The average Bonchev–Trinajstić information content (AvgIpc) is 2.66. The van der Waals surface area contributed by atoms with Crippen LogP contribution in [-0.2, 0) is 11.3 Å². The number of nitrogens with zero attached hydrogens (tertiary/aromatic N) is 1. The van der Waals surface area contributed by atoms with E-state index in [4.69, 9.17) is 0 Å². The molecule has 0 aliphatic carbocycles. The first-order valence-electron chi connectivity index (χ1n) is 6.27. The zero-order valence-electron chi connectivity index (χ0n) is 9.98. The van der Waals surface area contributed by atoms with Gasteiger partial charge in [-0.25, -0.2) is 0 Å². The summed E-state index contributed by atoms with van der Waals surface area (Å²) in [4.78, 5) is 16.1. The molecule has 1 aromatic heterocycles. The number of aromatic nitrogens is 1. The predicted molar refractivity (Wildman–Crippen MR) is 66.3 cm³/mol. The zero-order chi connectivity index (χ0) is 11.9. The molecular formula is C13H19N3O. The lowest BCUT2D eigenvalue weighted by atomic mass is 10.1. The molecule has 2 heterocycles. The molecule has 1 aliphatic rings. The van der Waals surface area contributed by atoms with Crippen molar-refractivity contribution < 1.29 is 4.79 Å². The van der Waals surface area contributed by atoms with E-state index in [1.807, 2.05) is 18.2 Å². The molecule has 17 heavy (non-hydrogen) atoms. The van der Waals surface area contributed by atoms with Crippen LogP contribution in [-0.4, -0.2) is 23.5 Å². The van der Waals surface area contributed by atoms with Crippen LogP contribution in [0.2, 0.25) is 0 Å². The molecule has 4 nitrogen and oxygen atoms in total. The maximum Gasteiger partial charge on any atom is 0.237 e. The van der Waals surface area contributed by atoms with Crippen molar-refractivity contribution in [1.82, 2.24) is 15.6 Å². The molecule has 2 rings (SSSR count). The van der Waals surface area contributed by atoms with Gasteiger partial charge in [0.05, 0.1) is 18.3 Å². The fraction of sp³-hybridized carbons (Fsp3) is 0.538. The normalized spacial score (nSPS) is 20.6. The van der Waals surface area contributed by atoms with Gasteiger partial charge < -0.3 is 10.6 Å². The molecule has 92 valence electrons. The van der Waals surface area contributed by atoms with Crippen LogP contribution < -0.4 is 10.6 Å². The van der Waals surface area contributed by atoms with Crippen molar-refractivity contribution in [2.24, 2.45) is 0 Å². The van der Waals surface area contributed by atoms with Gasteiger partial charge in [0, 0.05) is 6.20 Å². The van der Waals surface area contributed by atoms with Gasteiger partial charge >= 0.3 is 0 Å². The van der Waals surface area contributed by atoms with Crippen LogP contribution in [0.3, 0.4) is 0 Å². The van der Waals surface area contributed by atoms with E-state index in [1.54, 1.807) is 6.20 Å². The first-order chi connectivity index (χ1) is 8.36. The Bertz CT molecular complexity index is 345.